The lowest BCUT2D eigenvalue weighted by Crippen LogP contribution is -2.03. The Morgan fingerprint density at radius 1 is 0.917 bits per heavy atom. The van der Waals surface area contributed by atoms with Crippen molar-refractivity contribution in [2.75, 3.05) is 5.32 Å². The normalized spacial score (nSPS) is 10.8. The summed E-state index contributed by atoms with van der Waals surface area (Å²) in [6.07, 6.45) is 1.64. The summed E-state index contributed by atoms with van der Waals surface area (Å²) in [4.78, 5) is 9.18. The Morgan fingerprint density at radius 3 is 2.58 bits per heavy atom. The number of nitrogens with one attached hydrogen (secondary N) is 1. The van der Waals surface area contributed by atoms with E-state index >= 15 is 0 Å². The molecule has 0 fully saturated rings. The van der Waals surface area contributed by atoms with Crippen molar-refractivity contribution in [2.24, 2.45) is 0 Å². The van der Waals surface area contributed by atoms with Crippen molar-refractivity contribution in [1.29, 1.82) is 0 Å². The van der Waals surface area contributed by atoms with Crippen molar-refractivity contribution in [3.05, 3.63) is 72.7 Å². The van der Waals surface area contributed by atoms with E-state index in [9.17, 15) is 5.11 Å². The third-order valence-corrected chi connectivity index (χ3v) is 3.76. The topological polar surface area (TPSA) is 71.2 Å². The third-order valence-electron chi connectivity index (χ3n) is 3.76. The lowest BCUT2D eigenvalue weighted by Gasteiger charge is -2.11. The Hall–Kier alpha value is -3.34. The molecule has 0 radical (unpaired) electrons. The molecule has 4 aromatic rings. The van der Waals surface area contributed by atoms with Gasteiger partial charge in [-0.3, -0.25) is 0 Å². The molecule has 118 valence electrons. The molecule has 0 unspecified atom stereocenters. The van der Waals surface area contributed by atoms with Crippen molar-refractivity contribution in [2.45, 2.75) is 6.54 Å². The molecule has 2 heterocycles. The Bertz CT molecular complexity index is 981. The van der Waals surface area contributed by atoms with Gasteiger partial charge in [0.25, 0.3) is 0 Å². The molecule has 2 N–H and O–H groups in total. The number of aromatic nitrogens is 2. The van der Waals surface area contributed by atoms with E-state index in [1.165, 1.54) is 0 Å². The molecule has 0 aliphatic carbocycles. The van der Waals surface area contributed by atoms with Crippen LogP contribution in [0.4, 0.5) is 5.82 Å². The number of hydrogen-bond acceptors (Lipinski definition) is 5. The van der Waals surface area contributed by atoms with Gasteiger partial charge >= 0.3 is 0 Å². The van der Waals surface area contributed by atoms with Crippen LogP contribution in [0.25, 0.3) is 22.3 Å². The molecule has 0 aliphatic heterocycles. The van der Waals surface area contributed by atoms with Gasteiger partial charge in [-0.25, -0.2) is 9.97 Å². The molecule has 4 rings (SSSR count). The van der Waals surface area contributed by atoms with Crippen LogP contribution in [0.2, 0.25) is 0 Å². The van der Waals surface area contributed by atoms with Crippen LogP contribution in [0.1, 0.15) is 5.76 Å². The first-order valence-corrected chi connectivity index (χ1v) is 7.63. The highest BCUT2D eigenvalue weighted by Crippen LogP contribution is 2.30. The van der Waals surface area contributed by atoms with Gasteiger partial charge in [0, 0.05) is 5.39 Å². The van der Waals surface area contributed by atoms with Crippen LogP contribution < -0.4 is 5.32 Å². The first kappa shape index (κ1) is 14.3. The molecular weight excluding hydrogens is 302 g/mol. The first-order chi connectivity index (χ1) is 11.8. The largest absolute Gasteiger partial charge is 0.507 e. The minimum Gasteiger partial charge on any atom is -0.507 e. The van der Waals surface area contributed by atoms with Crippen LogP contribution in [0, 0.1) is 0 Å². The molecule has 0 amide bonds. The number of furan rings is 1. The molecule has 0 saturated heterocycles. The lowest BCUT2D eigenvalue weighted by molar-refractivity contribution is 0.477. The van der Waals surface area contributed by atoms with Crippen molar-refractivity contribution in [3.63, 3.8) is 0 Å². The summed E-state index contributed by atoms with van der Waals surface area (Å²) in [6.45, 7) is 0.522. The van der Waals surface area contributed by atoms with E-state index in [1.807, 2.05) is 42.5 Å². The van der Waals surface area contributed by atoms with E-state index in [4.69, 9.17) is 4.42 Å². The molecule has 0 atom stereocenters. The van der Waals surface area contributed by atoms with Crippen LogP contribution in [0.15, 0.2) is 71.3 Å². The molecule has 2 aromatic heterocycles. The fourth-order valence-corrected chi connectivity index (χ4v) is 2.58. The van der Waals surface area contributed by atoms with Crippen molar-refractivity contribution >= 4 is 16.7 Å². The van der Waals surface area contributed by atoms with Crippen LogP contribution in [-0.2, 0) is 6.54 Å². The summed E-state index contributed by atoms with van der Waals surface area (Å²) in [6, 6.07) is 18.6. The van der Waals surface area contributed by atoms with Gasteiger partial charge in [-0.05, 0) is 36.4 Å². The maximum absolute atomic E-state index is 10.1. The fraction of sp³-hybridized carbons (Fsp3) is 0.0526. The number of fused-ring (bicyclic) bond motifs is 1. The van der Waals surface area contributed by atoms with E-state index < -0.39 is 0 Å². The Labute approximate surface area is 138 Å². The second-order valence-electron chi connectivity index (χ2n) is 5.36. The summed E-state index contributed by atoms with van der Waals surface area (Å²) < 4.78 is 5.36. The third kappa shape index (κ3) is 2.67. The van der Waals surface area contributed by atoms with E-state index in [0.717, 1.165) is 16.7 Å². The van der Waals surface area contributed by atoms with Crippen LogP contribution in [0.5, 0.6) is 5.75 Å². The van der Waals surface area contributed by atoms with Crippen molar-refractivity contribution in [3.8, 4) is 17.1 Å². The molecule has 0 aliphatic rings. The number of benzene rings is 2. The minimum absolute atomic E-state index is 0.157. The molecule has 5 nitrogen and oxygen atoms in total. The van der Waals surface area contributed by atoms with Gasteiger partial charge in [0.15, 0.2) is 5.82 Å². The molecule has 24 heavy (non-hydrogen) atoms. The zero-order valence-corrected chi connectivity index (χ0v) is 12.8. The maximum atomic E-state index is 10.1. The van der Waals surface area contributed by atoms with E-state index in [0.29, 0.717) is 23.8 Å². The quantitative estimate of drug-likeness (QED) is 0.590. The average Bonchev–Trinajstić information content (AvgIpc) is 3.13. The number of nitrogens with zero attached hydrogens (tertiary/aromatic N) is 2. The molecule has 0 spiro atoms. The molecule has 2 aromatic carbocycles. The number of phenols is 1. The van der Waals surface area contributed by atoms with Gasteiger partial charge in [-0.15, -0.1) is 0 Å². The zero-order chi connectivity index (χ0) is 16.4. The van der Waals surface area contributed by atoms with Crippen LogP contribution >= 0.6 is 0 Å². The number of rotatable bonds is 4. The maximum Gasteiger partial charge on any atom is 0.165 e. The second-order valence-corrected chi connectivity index (χ2v) is 5.36. The minimum atomic E-state index is 0.157. The van der Waals surface area contributed by atoms with Gasteiger partial charge < -0.3 is 14.8 Å². The Balaban J connectivity index is 1.80. The van der Waals surface area contributed by atoms with Gasteiger partial charge in [-0.2, -0.15) is 0 Å². The number of para-hydroxylation sites is 2. The highest BCUT2D eigenvalue weighted by molar-refractivity contribution is 5.90. The highest BCUT2D eigenvalue weighted by atomic mass is 16.3. The van der Waals surface area contributed by atoms with E-state index in [2.05, 4.69) is 15.3 Å². The summed E-state index contributed by atoms with van der Waals surface area (Å²) in [7, 11) is 0. The van der Waals surface area contributed by atoms with Gasteiger partial charge in [-0.1, -0.05) is 24.3 Å². The van der Waals surface area contributed by atoms with Crippen molar-refractivity contribution < 1.29 is 9.52 Å². The van der Waals surface area contributed by atoms with Crippen LogP contribution in [-0.4, -0.2) is 15.1 Å². The molecule has 5 heteroatoms. The summed E-state index contributed by atoms with van der Waals surface area (Å²) in [5.41, 5.74) is 1.41. The average molecular weight is 317 g/mol. The standard InChI is InChI=1S/C19H15N3O2/c23-17-10-4-2-8-15(17)19-21-16-9-3-1-7-14(16)18(22-19)20-12-13-6-5-11-24-13/h1-11,23H,12H2,(H,20,21,22). The zero-order valence-electron chi connectivity index (χ0n) is 12.8. The SMILES string of the molecule is Oc1ccccc1-c1nc(NCc2ccco2)c2ccccc2n1. The van der Waals surface area contributed by atoms with Crippen molar-refractivity contribution in [1.82, 2.24) is 9.97 Å². The summed E-state index contributed by atoms with van der Waals surface area (Å²) >= 11 is 0. The predicted octanol–water partition coefficient (Wildman–Crippen LogP) is 4.21. The number of aromatic hydroxyl groups is 1. The smallest absolute Gasteiger partial charge is 0.165 e. The van der Waals surface area contributed by atoms with Gasteiger partial charge in [0.05, 0.1) is 23.9 Å². The number of hydrogen-bond donors (Lipinski definition) is 2. The first-order valence-electron chi connectivity index (χ1n) is 7.63. The number of anilines is 1. The Morgan fingerprint density at radius 2 is 1.75 bits per heavy atom. The summed E-state index contributed by atoms with van der Waals surface area (Å²) in [5, 5.41) is 14.3. The highest BCUT2D eigenvalue weighted by Gasteiger charge is 2.12. The molecule has 0 saturated carbocycles. The van der Waals surface area contributed by atoms with Gasteiger partial charge in [0.1, 0.15) is 17.3 Å². The van der Waals surface area contributed by atoms with Gasteiger partial charge in [0.2, 0.25) is 0 Å². The monoisotopic (exact) mass is 317 g/mol. The van der Waals surface area contributed by atoms with E-state index in [-0.39, 0.29) is 5.75 Å². The second kappa shape index (κ2) is 6.04. The predicted molar refractivity (Wildman–Crippen MR) is 92.7 cm³/mol. The molecular formula is C19H15N3O2. The molecule has 0 bridgehead atoms. The lowest BCUT2D eigenvalue weighted by atomic mass is 10.1. The fourth-order valence-electron chi connectivity index (χ4n) is 2.58. The number of phenolic OH excluding ortho intramolecular Hbond substituents is 1. The Kier molecular flexibility index (Phi) is 3.59. The van der Waals surface area contributed by atoms with Crippen LogP contribution in [0.3, 0.4) is 0 Å². The summed E-state index contributed by atoms with van der Waals surface area (Å²) in [5.74, 6) is 2.16. The van der Waals surface area contributed by atoms with E-state index in [1.54, 1.807) is 24.5 Å².